The van der Waals surface area contributed by atoms with Crippen LogP contribution in [-0.2, 0) is 6.42 Å². The molecule has 0 N–H and O–H groups in total. The van der Waals surface area contributed by atoms with Gasteiger partial charge in [-0.05, 0) is 78.7 Å². The average Bonchev–Trinajstić information content (AvgIpc) is 2.88. The van der Waals surface area contributed by atoms with Crippen LogP contribution in [0.3, 0.4) is 0 Å². The minimum absolute atomic E-state index is 0.626. The van der Waals surface area contributed by atoms with E-state index in [1.807, 2.05) is 0 Å². The average molecular weight is 280 g/mol. The van der Waals surface area contributed by atoms with Gasteiger partial charge in [0.15, 0.2) is 0 Å². The van der Waals surface area contributed by atoms with E-state index in [4.69, 9.17) is 0 Å². The highest BCUT2D eigenvalue weighted by Crippen LogP contribution is 2.63. The quantitative estimate of drug-likeness (QED) is 0.606. The summed E-state index contributed by atoms with van der Waals surface area (Å²) < 4.78 is 0. The van der Waals surface area contributed by atoms with E-state index in [0.717, 1.165) is 23.7 Å². The van der Waals surface area contributed by atoms with E-state index >= 15 is 0 Å². The maximum atomic E-state index is 4.06. The van der Waals surface area contributed by atoms with E-state index < -0.39 is 0 Å². The first-order chi connectivity index (χ1) is 10.2. The van der Waals surface area contributed by atoms with Crippen molar-refractivity contribution in [2.24, 2.45) is 23.2 Å². The molecule has 0 heteroatoms. The summed E-state index contributed by atoms with van der Waals surface area (Å²) >= 11 is 0. The lowest BCUT2D eigenvalue weighted by molar-refractivity contribution is 0.0184. The van der Waals surface area contributed by atoms with Gasteiger partial charge in [0.1, 0.15) is 0 Å². The zero-order valence-corrected chi connectivity index (χ0v) is 13.4. The molecule has 1 aromatic carbocycles. The van der Waals surface area contributed by atoms with Crippen LogP contribution < -0.4 is 0 Å². The van der Waals surface area contributed by atoms with Gasteiger partial charge in [-0.15, -0.1) is 6.58 Å². The van der Waals surface area contributed by atoms with Crippen molar-refractivity contribution in [3.8, 4) is 0 Å². The second-order valence-corrected chi connectivity index (χ2v) is 8.07. The standard InChI is InChI=1S/C21H28/c1-3-7-16-14-21(2)13-6-10-19(21)18-12-11-15-8-4-5-9-17(15)20(16)18/h3-5,8-9,16,18-20H,1,6-7,10-14H2,2H3/t16-,18-,19+,20+,21+/m1/s1. The molecule has 2 fully saturated rings. The van der Waals surface area contributed by atoms with Gasteiger partial charge in [0.2, 0.25) is 0 Å². The molecule has 0 unspecified atom stereocenters. The summed E-state index contributed by atoms with van der Waals surface area (Å²) in [7, 11) is 0. The van der Waals surface area contributed by atoms with Crippen LogP contribution in [0.4, 0.5) is 0 Å². The monoisotopic (exact) mass is 280 g/mol. The van der Waals surface area contributed by atoms with Crippen LogP contribution in [-0.4, -0.2) is 0 Å². The summed E-state index contributed by atoms with van der Waals surface area (Å²) in [6.07, 6.45) is 12.0. The van der Waals surface area contributed by atoms with E-state index in [-0.39, 0.29) is 0 Å². The highest BCUT2D eigenvalue weighted by atomic mass is 14.6. The molecule has 2 saturated carbocycles. The highest BCUT2D eigenvalue weighted by molar-refractivity contribution is 5.35. The molecule has 0 amide bonds. The maximum Gasteiger partial charge on any atom is -0.00964 e. The van der Waals surface area contributed by atoms with E-state index in [0.29, 0.717) is 5.41 Å². The molecule has 0 nitrogen and oxygen atoms in total. The Hall–Kier alpha value is -1.04. The van der Waals surface area contributed by atoms with Crippen LogP contribution in [0, 0.1) is 23.2 Å². The number of allylic oxidation sites excluding steroid dienone is 1. The van der Waals surface area contributed by atoms with Crippen LogP contribution in [0.25, 0.3) is 0 Å². The molecule has 5 atom stereocenters. The van der Waals surface area contributed by atoms with E-state index in [2.05, 4.69) is 43.8 Å². The molecule has 0 saturated heterocycles. The summed E-state index contributed by atoms with van der Waals surface area (Å²) in [6, 6.07) is 9.29. The van der Waals surface area contributed by atoms with Gasteiger partial charge >= 0.3 is 0 Å². The topological polar surface area (TPSA) is 0 Å². The molecule has 3 aliphatic carbocycles. The van der Waals surface area contributed by atoms with Crippen molar-refractivity contribution in [2.75, 3.05) is 0 Å². The molecule has 0 radical (unpaired) electrons. The molecule has 0 spiro atoms. The van der Waals surface area contributed by atoms with Gasteiger partial charge in [-0.3, -0.25) is 0 Å². The second-order valence-electron chi connectivity index (χ2n) is 8.07. The van der Waals surface area contributed by atoms with Gasteiger partial charge in [-0.25, -0.2) is 0 Å². The number of benzene rings is 1. The Kier molecular flexibility index (Phi) is 3.24. The van der Waals surface area contributed by atoms with Gasteiger partial charge in [0.05, 0.1) is 0 Å². The van der Waals surface area contributed by atoms with Crippen molar-refractivity contribution in [1.29, 1.82) is 0 Å². The van der Waals surface area contributed by atoms with Crippen molar-refractivity contribution < 1.29 is 0 Å². The second kappa shape index (κ2) is 5.00. The third-order valence-corrected chi connectivity index (χ3v) is 7.00. The number of hydrogen-bond acceptors (Lipinski definition) is 0. The predicted octanol–water partition coefficient (Wildman–Crippen LogP) is 5.74. The number of rotatable bonds is 2. The molecule has 112 valence electrons. The first-order valence-corrected chi connectivity index (χ1v) is 8.91. The van der Waals surface area contributed by atoms with Crippen molar-refractivity contribution in [2.45, 2.75) is 57.8 Å². The van der Waals surface area contributed by atoms with E-state index in [1.54, 1.807) is 11.1 Å². The summed E-state index contributed by atoms with van der Waals surface area (Å²) in [4.78, 5) is 0. The van der Waals surface area contributed by atoms with Gasteiger partial charge in [0, 0.05) is 0 Å². The van der Waals surface area contributed by atoms with Crippen molar-refractivity contribution in [1.82, 2.24) is 0 Å². The number of aryl methyl sites for hydroxylation is 1. The van der Waals surface area contributed by atoms with E-state index in [9.17, 15) is 0 Å². The fourth-order valence-electron chi connectivity index (χ4n) is 6.29. The molecule has 0 bridgehead atoms. The van der Waals surface area contributed by atoms with Gasteiger partial charge in [0.25, 0.3) is 0 Å². The minimum Gasteiger partial charge on any atom is -0.103 e. The summed E-state index contributed by atoms with van der Waals surface area (Å²) in [6.45, 7) is 6.65. The normalized spacial score (nSPS) is 41.0. The molecule has 21 heavy (non-hydrogen) atoms. The molecular formula is C21H28. The highest BCUT2D eigenvalue weighted by Gasteiger charge is 2.53. The predicted molar refractivity (Wildman–Crippen MR) is 89.4 cm³/mol. The van der Waals surface area contributed by atoms with Gasteiger partial charge < -0.3 is 0 Å². The van der Waals surface area contributed by atoms with Crippen LogP contribution in [0.5, 0.6) is 0 Å². The lowest BCUT2D eigenvalue weighted by atomic mass is 9.52. The van der Waals surface area contributed by atoms with Crippen LogP contribution in [0.15, 0.2) is 36.9 Å². The largest absolute Gasteiger partial charge is 0.103 e. The maximum absolute atomic E-state index is 4.06. The minimum atomic E-state index is 0.626. The third-order valence-electron chi connectivity index (χ3n) is 7.00. The van der Waals surface area contributed by atoms with Crippen molar-refractivity contribution in [3.63, 3.8) is 0 Å². The van der Waals surface area contributed by atoms with Crippen LogP contribution >= 0.6 is 0 Å². The molecule has 0 heterocycles. The summed E-state index contributed by atoms with van der Waals surface area (Å²) in [5.74, 6) is 3.56. The summed E-state index contributed by atoms with van der Waals surface area (Å²) in [5.41, 5.74) is 3.95. The Morgan fingerprint density at radius 3 is 3.00 bits per heavy atom. The zero-order chi connectivity index (χ0) is 14.4. The number of hydrogen-bond donors (Lipinski definition) is 0. The fourth-order valence-corrected chi connectivity index (χ4v) is 6.29. The van der Waals surface area contributed by atoms with E-state index in [1.165, 1.54) is 44.9 Å². The Labute approximate surface area is 129 Å². The van der Waals surface area contributed by atoms with Crippen LogP contribution in [0.2, 0.25) is 0 Å². The molecule has 0 aromatic heterocycles. The van der Waals surface area contributed by atoms with Gasteiger partial charge in [-0.2, -0.15) is 0 Å². The Morgan fingerprint density at radius 2 is 2.14 bits per heavy atom. The molecular weight excluding hydrogens is 252 g/mol. The number of fused-ring (bicyclic) bond motifs is 5. The molecule has 0 aliphatic heterocycles. The first-order valence-electron chi connectivity index (χ1n) is 8.91. The SMILES string of the molecule is C=CC[C@@H]1C[C@]2(C)CCC[C@H]2[C@H]2CCc3ccccc3[C@H]12. The van der Waals surface area contributed by atoms with Crippen molar-refractivity contribution >= 4 is 0 Å². The third kappa shape index (κ3) is 2.02. The Balaban J connectivity index is 1.78. The molecule has 3 aliphatic rings. The van der Waals surface area contributed by atoms with Crippen LogP contribution in [0.1, 0.15) is 62.5 Å². The van der Waals surface area contributed by atoms with Crippen molar-refractivity contribution in [3.05, 3.63) is 48.0 Å². The lowest BCUT2D eigenvalue weighted by Gasteiger charge is -2.53. The molecule has 1 aromatic rings. The Morgan fingerprint density at radius 1 is 1.29 bits per heavy atom. The lowest BCUT2D eigenvalue weighted by Crippen LogP contribution is -2.44. The van der Waals surface area contributed by atoms with Gasteiger partial charge in [-0.1, -0.05) is 43.7 Å². The Bertz CT molecular complexity index is 543. The zero-order valence-electron chi connectivity index (χ0n) is 13.4. The first kappa shape index (κ1) is 13.6. The smallest absolute Gasteiger partial charge is 0.00964 e. The molecule has 4 rings (SSSR count). The summed E-state index contributed by atoms with van der Waals surface area (Å²) in [5, 5.41) is 0. The fraction of sp³-hybridized carbons (Fsp3) is 0.619.